The van der Waals surface area contributed by atoms with Crippen LogP contribution >= 0.6 is 69.6 Å². The zero-order chi connectivity index (χ0) is 30.8. The average molecular weight is 695 g/mol. The number of hydrogen-bond acceptors (Lipinski definition) is 2. The van der Waals surface area contributed by atoms with Gasteiger partial charge in [0, 0.05) is 42.8 Å². The van der Waals surface area contributed by atoms with E-state index in [4.69, 9.17) is 69.6 Å². The molecule has 0 heterocycles. The van der Waals surface area contributed by atoms with Crippen LogP contribution in [0.15, 0.2) is 133 Å². The molecule has 6 aromatic rings. The lowest BCUT2D eigenvalue weighted by Crippen LogP contribution is -2.11. The third-order valence-corrected chi connectivity index (χ3v) is 8.52. The monoisotopic (exact) mass is 692 g/mol. The van der Waals surface area contributed by atoms with Crippen LogP contribution in [0.5, 0.6) is 0 Å². The molecule has 44 heavy (non-hydrogen) atoms. The molecule has 0 atom stereocenters. The lowest BCUT2D eigenvalue weighted by atomic mass is 10.0. The van der Waals surface area contributed by atoms with Crippen molar-refractivity contribution in [1.29, 1.82) is 0 Å². The zero-order valence-electron chi connectivity index (χ0n) is 22.9. The van der Waals surface area contributed by atoms with Gasteiger partial charge in [-0.05, 0) is 108 Å². The summed E-state index contributed by atoms with van der Waals surface area (Å²) in [6, 6.07) is 42.2. The molecule has 0 aliphatic rings. The predicted octanol–water partition coefficient (Wildman–Crippen LogP) is 14.2. The van der Waals surface area contributed by atoms with Crippen LogP contribution in [0.2, 0.25) is 30.1 Å². The standard InChI is InChI=1S/C36H22Cl6N2/c37-25-5-1-9-29(19-25)43(30-10-2-6-26(38)20-30)35-15-13-23(17-33(35)41)24-14-16-36(34(42)18-24)44(31-11-3-7-27(39)21-31)32-12-4-8-28(40)22-32/h1-22H. The van der Waals surface area contributed by atoms with Crippen molar-refractivity contribution in [2.75, 3.05) is 9.80 Å². The number of halogens is 6. The van der Waals surface area contributed by atoms with Gasteiger partial charge < -0.3 is 9.80 Å². The highest BCUT2D eigenvalue weighted by Gasteiger charge is 2.19. The van der Waals surface area contributed by atoms with Crippen LogP contribution in [0.25, 0.3) is 11.1 Å². The Hall–Kier alpha value is -3.34. The minimum Gasteiger partial charge on any atom is -0.309 e. The van der Waals surface area contributed by atoms with Crippen LogP contribution in [-0.2, 0) is 0 Å². The summed E-state index contributed by atoms with van der Waals surface area (Å²) in [5.41, 5.74) is 6.76. The number of anilines is 6. The van der Waals surface area contributed by atoms with Crippen molar-refractivity contribution in [3.8, 4) is 11.1 Å². The quantitative estimate of drug-likeness (QED) is 0.164. The van der Waals surface area contributed by atoms with Crippen LogP contribution < -0.4 is 9.80 Å². The SMILES string of the molecule is Clc1cccc(N(c2cccc(Cl)c2)c2ccc(-c3ccc(N(c4cccc(Cl)c4)c4cccc(Cl)c4)c(Cl)c3)cc2Cl)c1. The number of rotatable bonds is 7. The van der Waals surface area contributed by atoms with Crippen molar-refractivity contribution in [1.82, 2.24) is 0 Å². The molecule has 0 N–H and O–H groups in total. The summed E-state index contributed by atoms with van der Waals surface area (Å²) in [7, 11) is 0. The van der Waals surface area contributed by atoms with Crippen molar-refractivity contribution >= 4 is 104 Å². The predicted molar refractivity (Wildman–Crippen MR) is 191 cm³/mol. The van der Waals surface area contributed by atoms with Gasteiger partial charge in [0.2, 0.25) is 0 Å². The van der Waals surface area contributed by atoms with Gasteiger partial charge in [0.25, 0.3) is 0 Å². The van der Waals surface area contributed by atoms with E-state index in [9.17, 15) is 0 Å². The highest BCUT2D eigenvalue weighted by molar-refractivity contribution is 6.35. The Morgan fingerprint density at radius 1 is 0.318 bits per heavy atom. The summed E-state index contributed by atoms with van der Waals surface area (Å²) in [6.07, 6.45) is 0. The van der Waals surface area contributed by atoms with Gasteiger partial charge >= 0.3 is 0 Å². The molecule has 0 amide bonds. The van der Waals surface area contributed by atoms with E-state index < -0.39 is 0 Å². The minimum absolute atomic E-state index is 0.544. The molecule has 0 bridgehead atoms. The summed E-state index contributed by atoms with van der Waals surface area (Å²) < 4.78 is 0. The van der Waals surface area contributed by atoms with Gasteiger partial charge in [-0.15, -0.1) is 0 Å². The van der Waals surface area contributed by atoms with Crippen LogP contribution in [0.3, 0.4) is 0 Å². The molecule has 0 spiro atoms. The molecule has 0 fully saturated rings. The molecule has 0 radical (unpaired) electrons. The fourth-order valence-corrected chi connectivity index (χ4v) is 6.32. The largest absolute Gasteiger partial charge is 0.309 e. The first-order chi connectivity index (χ1) is 21.3. The third-order valence-electron chi connectivity index (χ3n) is 6.98. The van der Waals surface area contributed by atoms with Crippen molar-refractivity contribution in [3.63, 3.8) is 0 Å². The lowest BCUT2D eigenvalue weighted by molar-refractivity contribution is 1.28. The van der Waals surface area contributed by atoms with Gasteiger partial charge in [-0.2, -0.15) is 0 Å². The summed E-state index contributed by atoms with van der Waals surface area (Å²) >= 11 is 39.5. The maximum Gasteiger partial charge on any atom is 0.0652 e. The maximum atomic E-state index is 6.99. The van der Waals surface area contributed by atoms with Gasteiger partial charge in [-0.25, -0.2) is 0 Å². The fraction of sp³-hybridized carbons (Fsp3) is 0. The Kier molecular flexibility index (Phi) is 9.30. The Morgan fingerprint density at radius 3 is 0.864 bits per heavy atom. The van der Waals surface area contributed by atoms with Gasteiger partial charge in [0.05, 0.1) is 21.4 Å². The second-order valence-electron chi connectivity index (χ2n) is 9.92. The molecule has 0 saturated carbocycles. The lowest BCUT2D eigenvalue weighted by Gasteiger charge is -2.27. The van der Waals surface area contributed by atoms with Crippen LogP contribution in [0.1, 0.15) is 0 Å². The molecule has 8 heteroatoms. The molecule has 0 aliphatic carbocycles. The Bertz CT molecular complexity index is 1740. The molecule has 0 aromatic heterocycles. The van der Waals surface area contributed by atoms with Gasteiger partial charge in [0.15, 0.2) is 0 Å². The maximum absolute atomic E-state index is 6.99. The van der Waals surface area contributed by atoms with E-state index in [1.54, 1.807) is 0 Å². The molecule has 6 aromatic carbocycles. The van der Waals surface area contributed by atoms with Gasteiger partial charge in [-0.1, -0.05) is 106 Å². The van der Waals surface area contributed by atoms with Crippen molar-refractivity contribution in [2.24, 2.45) is 0 Å². The van der Waals surface area contributed by atoms with E-state index in [0.29, 0.717) is 30.1 Å². The zero-order valence-corrected chi connectivity index (χ0v) is 27.4. The molecule has 0 unspecified atom stereocenters. The highest BCUT2D eigenvalue weighted by Crippen LogP contribution is 2.44. The molecule has 218 valence electrons. The highest BCUT2D eigenvalue weighted by atomic mass is 35.5. The second-order valence-corrected chi connectivity index (χ2v) is 12.5. The Labute approximate surface area is 286 Å². The summed E-state index contributed by atoms with van der Waals surface area (Å²) in [6.45, 7) is 0. The number of benzene rings is 6. The van der Waals surface area contributed by atoms with E-state index in [-0.39, 0.29) is 0 Å². The van der Waals surface area contributed by atoms with Gasteiger partial charge in [-0.3, -0.25) is 0 Å². The third kappa shape index (κ3) is 6.67. The van der Waals surface area contributed by atoms with E-state index in [2.05, 4.69) is 0 Å². The minimum atomic E-state index is 0.544. The van der Waals surface area contributed by atoms with E-state index >= 15 is 0 Å². The smallest absolute Gasteiger partial charge is 0.0652 e. The molecule has 0 aliphatic heterocycles. The Balaban J connectivity index is 1.40. The molecular weight excluding hydrogens is 673 g/mol. The second kappa shape index (κ2) is 13.3. The molecular formula is C36H22Cl6N2. The summed E-state index contributed by atoms with van der Waals surface area (Å²) in [5, 5.41) is 3.54. The Morgan fingerprint density at radius 2 is 0.614 bits per heavy atom. The van der Waals surface area contributed by atoms with Crippen LogP contribution in [0.4, 0.5) is 34.1 Å². The number of hydrogen-bond donors (Lipinski definition) is 0. The van der Waals surface area contributed by atoms with Crippen LogP contribution in [0, 0.1) is 0 Å². The molecule has 6 rings (SSSR count). The van der Waals surface area contributed by atoms with E-state index in [1.165, 1.54) is 0 Å². The molecule has 2 nitrogen and oxygen atoms in total. The summed E-state index contributed by atoms with van der Waals surface area (Å²) in [4.78, 5) is 4.04. The van der Waals surface area contributed by atoms with Crippen LogP contribution in [-0.4, -0.2) is 0 Å². The van der Waals surface area contributed by atoms with Crippen molar-refractivity contribution in [2.45, 2.75) is 0 Å². The first-order valence-electron chi connectivity index (χ1n) is 13.5. The van der Waals surface area contributed by atoms with E-state index in [1.807, 2.05) is 143 Å². The van der Waals surface area contributed by atoms with Crippen molar-refractivity contribution in [3.05, 3.63) is 164 Å². The topological polar surface area (TPSA) is 6.48 Å². The first-order valence-corrected chi connectivity index (χ1v) is 15.8. The number of nitrogens with zero attached hydrogens (tertiary/aromatic N) is 2. The molecule has 0 saturated heterocycles. The first kappa shape index (κ1) is 30.7. The van der Waals surface area contributed by atoms with E-state index in [0.717, 1.165) is 45.3 Å². The average Bonchev–Trinajstić information content (AvgIpc) is 2.99. The normalized spacial score (nSPS) is 11.0. The fourth-order valence-electron chi connectivity index (χ4n) is 5.05. The van der Waals surface area contributed by atoms with Gasteiger partial charge in [0.1, 0.15) is 0 Å². The van der Waals surface area contributed by atoms with Crippen molar-refractivity contribution < 1.29 is 0 Å². The summed E-state index contributed by atoms with van der Waals surface area (Å²) in [5.74, 6) is 0.